The van der Waals surface area contributed by atoms with E-state index < -0.39 is 16.3 Å². The number of hydrogen-bond donors (Lipinski definition) is 1. The van der Waals surface area contributed by atoms with Gasteiger partial charge in [-0.2, -0.15) is 17.4 Å². The summed E-state index contributed by atoms with van der Waals surface area (Å²) in [6, 6.07) is 6.45. The van der Waals surface area contributed by atoms with E-state index in [1.165, 1.54) is 4.31 Å². The van der Waals surface area contributed by atoms with Crippen molar-refractivity contribution in [3.63, 3.8) is 0 Å². The van der Waals surface area contributed by atoms with Crippen LogP contribution in [0.3, 0.4) is 0 Å². The molecule has 1 aliphatic heterocycles. The number of aromatic nitrogens is 2. The molecule has 0 unspecified atom stereocenters. The first kappa shape index (κ1) is 19.3. The molecular weight excluding hydrogens is 376 g/mol. The van der Waals surface area contributed by atoms with Crippen LogP contribution in [-0.2, 0) is 22.0 Å². The summed E-state index contributed by atoms with van der Waals surface area (Å²) in [6.45, 7) is 4.36. The minimum atomic E-state index is -3.73. The third kappa shape index (κ3) is 4.27. The first-order valence-corrected chi connectivity index (χ1v) is 10.2. The molecule has 0 amide bonds. The quantitative estimate of drug-likeness (QED) is 0.836. The second-order valence-electron chi connectivity index (χ2n) is 6.58. The molecule has 3 atom stereocenters. The minimum Gasteiger partial charge on any atom is -0.373 e. The van der Waals surface area contributed by atoms with Crippen molar-refractivity contribution in [2.45, 2.75) is 32.1 Å². The Morgan fingerprint density at radius 3 is 2.38 bits per heavy atom. The Bertz CT molecular complexity index is 843. The van der Waals surface area contributed by atoms with Crippen molar-refractivity contribution in [2.24, 2.45) is 7.05 Å². The maximum absolute atomic E-state index is 13.0. The van der Waals surface area contributed by atoms with Crippen LogP contribution in [0.5, 0.6) is 0 Å². The van der Waals surface area contributed by atoms with Crippen LogP contribution in [0.25, 0.3) is 0 Å². The second kappa shape index (κ2) is 7.66. The Labute approximate surface area is 159 Å². The smallest absolute Gasteiger partial charge is 0.280 e. The molecule has 9 heteroatoms. The van der Waals surface area contributed by atoms with Crippen LogP contribution in [0.2, 0.25) is 5.02 Å². The summed E-state index contributed by atoms with van der Waals surface area (Å²) in [5, 5.41) is 0.589. The van der Waals surface area contributed by atoms with Crippen LogP contribution in [0, 0.1) is 0 Å². The molecule has 1 saturated heterocycles. The van der Waals surface area contributed by atoms with Gasteiger partial charge in [-0.1, -0.05) is 23.7 Å². The summed E-state index contributed by atoms with van der Waals surface area (Å²) >= 11 is 5.98. The van der Waals surface area contributed by atoms with Gasteiger partial charge in [0.15, 0.2) is 0 Å². The number of aryl methyl sites for hydroxylation is 1. The van der Waals surface area contributed by atoms with Gasteiger partial charge in [-0.05, 0) is 31.5 Å². The highest BCUT2D eigenvalue weighted by Crippen LogP contribution is 2.24. The summed E-state index contributed by atoms with van der Waals surface area (Å²) in [4.78, 5) is 4.33. The lowest BCUT2D eigenvalue weighted by Crippen LogP contribution is -2.52. The zero-order chi connectivity index (χ0) is 18.9. The standard InChI is InChI=1S/C17H23ClN4O3S/c1-12-10-22(11-13(2)25-12)26(23,24)20-16(17-19-8-9-21(17)3)14-4-6-15(18)7-5-14/h4-9,12-13,16,20H,10-11H2,1-3H3/t12-,13-,16+/m1/s1. The van der Waals surface area contributed by atoms with Crippen LogP contribution in [0.4, 0.5) is 0 Å². The van der Waals surface area contributed by atoms with Crippen LogP contribution < -0.4 is 4.72 Å². The lowest BCUT2D eigenvalue weighted by molar-refractivity contribution is -0.0444. The number of halogens is 1. The number of nitrogens with zero attached hydrogens (tertiary/aromatic N) is 3. The Morgan fingerprint density at radius 1 is 1.23 bits per heavy atom. The SMILES string of the molecule is C[C@@H]1CN(S(=O)(=O)N[C@@H](c2ccc(Cl)cc2)c2nccn2C)C[C@@H](C)O1. The summed E-state index contributed by atoms with van der Waals surface area (Å²) in [5.41, 5.74) is 0.765. The maximum Gasteiger partial charge on any atom is 0.280 e. The molecule has 3 rings (SSSR count). The molecular formula is C17H23ClN4O3S. The normalized spacial score (nSPS) is 23.1. The Morgan fingerprint density at radius 2 is 1.85 bits per heavy atom. The lowest BCUT2D eigenvalue weighted by atomic mass is 10.1. The lowest BCUT2D eigenvalue weighted by Gasteiger charge is -2.35. The average molecular weight is 399 g/mol. The summed E-state index contributed by atoms with van der Waals surface area (Å²) < 4.78 is 37.7. The number of rotatable bonds is 5. The fraction of sp³-hybridized carbons (Fsp3) is 0.471. The molecule has 2 aromatic rings. The van der Waals surface area contributed by atoms with E-state index in [0.717, 1.165) is 5.56 Å². The number of imidazole rings is 1. The highest BCUT2D eigenvalue weighted by Gasteiger charge is 2.34. The van der Waals surface area contributed by atoms with Gasteiger partial charge in [0.2, 0.25) is 0 Å². The van der Waals surface area contributed by atoms with Gasteiger partial charge in [0.1, 0.15) is 11.9 Å². The van der Waals surface area contributed by atoms with E-state index in [1.807, 2.05) is 20.9 Å². The predicted octanol–water partition coefficient (Wildman–Crippen LogP) is 2.11. The topological polar surface area (TPSA) is 76.5 Å². The number of benzene rings is 1. The third-order valence-corrected chi connectivity index (χ3v) is 6.08. The Hall–Kier alpha value is -1.45. The molecule has 0 spiro atoms. The average Bonchev–Trinajstić information content (AvgIpc) is 2.98. The zero-order valence-corrected chi connectivity index (χ0v) is 16.5. The van der Waals surface area contributed by atoms with E-state index in [-0.39, 0.29) is 12.2 Å². The fourth-order valence-corrected chi connectivity index (χ4v) is 4.76. The van der Waals surface area contributed by atoms with Crippen molar-refractivity contribution < 1.29 is 13.2 Å². The van der Waals surface area contributed by atoms with E-state index in [1.54, 1.807) is 41.2 Å². The summed E-state index contributed by atoms with van der Waals surface area (Å²) in [5.74, 6) is 0.602. The molecule has 0 saturated carbocycles. The van der Waals surface area contributed by atoms with Crippen molar-refractivity contribution in [1.82, 2.24) is 18.6 Å². The Kier molecular flexibility index (Phi) is 5.69. The van der Waals surface area contributed by atoms with Crippen molar-refractivity contribution in [3.05, 3.63) is 53.1 Å². The van der Waals surface area contributed by atoms with Gasteiger partial charge in [-0.25, -0.2) is 4.98 Å². The van der Waals surface area contributed by atoms with Crippen molar-refractivity contribution in [2.75, 3.05) is 13.1 Å². The summed E-state index contributed by atoms with van der Waals surface area (Å²) in [7, 11) is -1.90. The molecule has 1 fully saturated rings. The molecule has 1 aliphatic rings. The highest BCUT2D eigenvalue weighted by atomic mass is 35.5. The van der Waals surface area contributed by atoms with E-state index in [9.17, 15) is 8.42 Å². The van der Waals surface area contributed by atoms with Gasteiger partial charge in [0, 0.05) is 37.6 Å². The van der Waals surface area contributed by atoms with Crippen LogP contribution in [-0.4, -0.2) is 47.6 Å². The number of ether oxygens (including phenoxy) is 1. The molecule has 26 heavy (non-hydrogen) atoms. The summed E-state index contributed by atoms with van der Waals surface area (Å²) in [6.07, 6.45) is 3.12. The first-order chi connectivity index (χ1) is 12.3. The number of hydrogen-bond acceptors (Lipinski definition) is 4. The van der Waals surface area contributed by atoms with Crippen molar-refractivity contribution >= 4 is 21.8 Å². The number of morpholine rings is 1. The third-order valence-electron chi connectivity index (χ3n) is 4.31. The first-order valence-electron chi connectivity index (χ1n) is 8.42. The molecule has 0 aliphatic carbocycles. The van der Waals surface area contributed by atoms with Crippen LogP contribution in [0.15, 0.2) is 36.7 Å². The molecule has 0 bridgehead atoms. The zero-order valence-electron chi connectivity index (χ0n) is 15.0. The number of nitrogens with one attached hydrogen (secondary N) is 1. The van der Waals surface area contributed by atoms with Crippen molar-refractivity contribution in [1.29, 1.82) is 0 Å². The molecule has 7 nitrogen and oxygen atoms in total. The predicted molar refractivity (Wildman–Crippen MR) is 100 cm³/mol. The molecule has 2 heterocycles. The van der Waals surface area contributed by atoms with Gasteiger partial charge in [0.05, 0.1) is 12.2 Å². The van der Waals surface area contributed by atoms with Crippen LogP contribution in [0.1, 0.15) is 31.3 Å². The van der Waals surface area contributed by atoms with Gasteiger partial charge in [-0.3, -0.25) is 0 Å². The molecule has 1 aromatic carbocycles. The minimum absolute atomic E-state index is 0.155. The van der Waals surface area contributed by atoms with E-state index >= 15 is 0 Å². The second-order valence-corrected chi connectivity index (χ2v) is 8.72. The largest absolute Gasteiger partial charge is 0.373 e. The van der Waals surface area contributed by atoms with Gasteiger partial charge in [0.25, 0.3) is 10.2 Å². The van der Waals surface area contributed by atoms with E-state index in [0.29, 0.717) is 23.9 Å². The molecule has 0 radical (unpaired) electrons. The molecule has 1 N–H and O–H groups in total. The van der Waals surface area contributed by atoms with Crippen LogP contribution >= 0.6 is 11.6 Å². The van der Waals surface area contributed by atoms with E-state index in [2.05, 4.69) is 9.71 Å². The van der Waals surface area contributed by atoms with Gasteiger partial charge in [-0.15, -0.1) is 0 Å². The van der Waals surface area contributed by atoms with Crippen molar-refractivity contribution in [3.8, 4) is 0 Å². The Balaban J connectivity index is 1.92. The highest BCUT2D eigenvalue weighted by molar-refractivity contribution is 7.87. The van der Waals surface area contributed by atoms with Gasteiger partial charge >= 0.3 is 0 Å². The molecule has 142 valence electrons. The monoisotopic (exact) mass is 398 g/mol. The van der Waals surface area contributed by atoms with E-state index in [4.69, 9.17) is 16.3 Å². The fourth-order valence-electron chi connectivity index (χ4n) is 3.13. The van der Waals surface area contributed by atoms with Gasteiger partial charge < -0.3 is 9.30 Å². The maximum atomic E-state index is 13.0. The molecule has 1 aromatic heterocycles.